The quantitative estimate of drug-likeness (QED) is 0.0691. The summed E-state index contributed by atoms with van der Waals surface area (Å²) in [5.74, 6) is -1.23. The molecule has 0 spiro atoms. The Bertz CT molecular complexity index is 1850. The number of rotatable bonds is 21. The highest BCUT2D eigenvalue weighted by Crippen LogP contribution is 2.38. The molecule has 17 heteroatoms. The van der Waals surface area contributed by atoms with Gasteiger partial charge in [0.25, 0.3) is 17.7 Å². The maximum absolute atomic E-state index is 14.3. The highest BCUT2D eigenvalue weighted by Gasteiger charge is 2.25. The summed E-state index contributed by atoms with van der Waals surface area (Å²) in [5, 5.41) is 8.55. The van der Waals surface area contributed by atoms with Gasteiger partial charge in [-0.05, 0) is 79.7 Å². The molecular formula is C41H47N3O12S2. The first kappa shape index (κ1) is 44.4. The van der Waals surface area contributed by atoms with E-state index in [0.29, 0.717) is 109 Å². The molecule has 2 saturated heterocycles. The normalized spacial score (nSPS) is 14.7. The number of amides is 4. The molecule has 0 aliphatic carbocycles. The summed E-state index contributed by atoms with van der Waals surface area (Å²) >= 11 is 2.53. The van der Waals surface area contributed by atoms with Crippen LogP contribution in [0.25, 0.3) is 0 Å². The zero-order valence-corrected chi connectivity index (χ0v) is 33.8. The molecule has 5 rings (SSSR count). The summed E-state index contributed by atoms with van der Waals surface area (Å²) < 4.78 is 32.2. The number of benzene rings is 3. The van der Waals surface area contributed by atoms with Gasteiger partial charge >= 0.3 is 5.97 Å². The van der Waals surface area contributed by atoms with Crippen molar-refractivity contribution in [2.24, 2.45) is 0 Å². The van der Waals surface area contributed by atoms with E-state index in [2.05, 4.69) is 0 Å². The average Bonchev–Trinajstić information content (AvgIpc) is 3.25. The van der Waals surface area contributed by atoms with Gasteiger partial charge in [-0.15, -0.1) is 0 Å². The van der Waals surface area contributed by atoms with Crippen molar-refractivity contribution in [1.29, 1.82) is 0 Å². The van der Waals surface area contributed by atoms with Gasteiger partial charge in [0.2, 0.25) is 6.41 Å². The van der Waals surface area contributed by atoms with E-state index in [-0.39, 0.29) is 44.8 Å². The van der Waals surface area contributed by atoms with Crippen molar-refractivity contribution in [3.05, 3.63) is 93.7 Å². The molecule has 3 aromatic rings. The van der Waals surface area contributed by atoms with Gasteiger partial charge in [0.15, 0.2) is 0 Å². The van der Waals surface area contributed by atoms with Crippen molar-refractivity contribution in [2.45, 2.75) is 16.7 Å². The first-order chi connectivity index (χ1) is 28.2. The van der Waals surface area contributed by atoms with E-state index in [1.54, 1.807) is 77.4 Å². The fourth-order valence-electron chi connectivity index (χ4n) is 5.69. The Labute approximate surface area is 345 Å². The van der Waals surface area contributed by atoms with E-state index in [4.69, 9.17) is 33.5 Å². The molecule has 310 valence electrons. The van der Waals surface area contributed by atoms with E-state index in [1.165, 1.54) is 23.5 Å². The molecule has 4 amide bonds. The van der Waals surface area contributed by atoms with Crippen LogP contribution in [0.5, 0.6) is 5.75 Å². The predicted molar refractivity (Wildman–Crippen MR) is 216 cm³/mol. The summed E-state index contributed by atoms with van der Waals surface area (Å²) in [7, 11) is 0. The van der Waals surface area contributed by atoms with Crippen molar-refractivity contribution < 1.29 is 57.5 Å². The number of anilines is 1. The van der Waals surface area contributed by atoms with Crippen LogP contribution in [-0.4, -0.2) is 144 Å². The van der Waals surface area contributed by atoms with Crippen LogP contribution in [0, 0.1) is 0 Å². The molecule has 0 radical (unpaired) electrons. The number of thioether (sulfide) groups is 2. The maximum Gasteiger partial charge on any atom is 0.329 e. The number of aliphatic carboxylic acids is 1. The fraction of sp³-hybridized carbons (Fsp3) is 0.390. The number of allylic oxidation sites excluding steroid dienone is 1. The minimum Gasteiger partial charge on any atom is -0.491 e. The molecule has 2 heterocycles. The van der Waals surface area contributed by atoms with E-state index in [0.717, 1.165) is 9.80 Å². The third kappa shape index (κ3) is 13.7. The number of morpholine rings is 2. The lowest BCUT2D eigenvalue weighted by atomic mass is 10.2. The summed E-state index contributed by atoms with van der Waals surface area (Å²) in [6, 6.07) is 20.8. The third-order valence-corrected chi connectivity index (χ3v) is 11.0. The highest BCUT2D eigenvalue weighted by molar-refractivity contribution is 8.07. The molecule has 58 heavy (non-hydrogen) atoms. The Kier molecular flexibility index (Phi) is 18.1. The molecule has 0 bridgehead atoms. The van der Waals surface area contributed by atoms with Gasteiger partial charge in [-0.1, -0.05) is 23.5 Å². The molecule has 0 saturated carbocycles. The van der Waals surface area contributed by atoms with Gasteiger partial charge < -0.3 is 43.3 Å². The Morgan fingerprint density at radius 2 is 1.14 bits per heavy atom. The monoisotopic (exact) mass is 837 g/mol. The number of imide groups is 1. The second-order valence-corrected chi connectivity index (χ2v) is 15.1. The number of carbonyl (C=O) groups excluding carboxylic acids is 4. The molecule has 0 unspecified atom stereocenters. The van der Waals surface area contributed by atoms with Crippen LogP contribution in [0.2, 0.25) is 0 Å². The van der Waals surface area contributed by atoms with Gasteiger partial charge in [-0.2, -0.15) is 0 Å². The molecule has 3 aromatic carbocycles. The number of ether oxygens (including phenoxy) is 6. The second-order valence-electron chi connectivity index (χ2n) is 12.7. The lowest BCUT2D eigenvalue weighted by Crippen LogP contribution is -2.40. The summed E-state index contributed by atoms with van der Waals surface area (Å²) in [5.41, 5.74) is 1.41. The van der Waals surface area contributed by atoms with Crippen LogP contribution in [0.4, 0.5) is 5.69 Å². The zero-order valence-electron chi connectivity index (χ0n) is 32.2. The number of carboxylic acids is 1. The van der Waals surface area contributed by atoms with E-state index < -0.39 is 11.9 Å². The molecule has 0 atom stereocenters. The minimum atomic E-state index is -1.04. The highest BCUT2D eigenvalue weighted by atomic mass is 32.2. The maximum atomic E-state index is 14.3. The topological polar surface area (TPSA) is 171 Å². The van der Waals surface area contributed by atoms with Crippen LogP contribution in [0.1, 0.15) is 27.6 Å². The zero-order chi connectivity index (χ0) is 41.1. The fourth-order valence-corrected chi connectivity index (χ4v) is 7.59. The van der Waals surface area contributed by atoms with Crippen molar-refractivity contribution >= 4 is 59.3 Å². The molecule has 2 aliphatic heterocycles. The second kappa shape index (κ2) is 23.6. The SMILES string of the molecule is C/C(Sc1ccc(C(=O)N2CCOCC2)cc1)=C(/Sc1ccc(C(=O)N2CCOCC2)cc1)C(=O)N(C=O)c1ccc(OCCOCCOCCOCC(=O)O)cc1. The first-order valence-corrected chi connectivity index (χ1v) is 20.3. The first-order valence-electron chi connectivity index (χ1n) is 18.7. The van der Waals surface area contributed by atoms with Crippen LogP contribution < -0.4 is 9.64 Å². The summed E-state index contributed by atoms with van der Waals surface area (Å²) in [6.07, 6.45) is 0.473. The van der Waals surface area contributed by atoms with Crippen LogP contribution in [-0.2, 0) is 38.1 Å². The number of carbonyl (C=O) groups is 5. The number of nitrogens with zero attached hydrogens (tertiary/aromatic N) is 3. The number of hydrogen-bond acceptors (Lipinski definition) is 13. The van der Waals surface area contributed by atoms with Gasteiger partial charge in [-0.3, -0.25) is 19.2 Å². The van der Waals surface area contributed by atoms with Crippen molar-refractivity contribution in [3.63, 3.8) is 0 Å². The third-order valence-electron chi connectivity index (χ3n) is 8.71. The van der Waals surface area contributed by atoms with Crippen LogP contribution in [0.3, 0.4) is 0 Å². The standard InChI is InChI=1S/C41H47N3O12S2/c1-30(57-35-10-2-31(3-11-35)39(48)42-14-18-51-19-15-42)38(58-36-12-4-32(5-13-36)40(49)43-16-20-52-21-17-43)41(50)44(29-45)33-6-8-34(9-7-33)56-27-26-54-23-22-53-24-25-55-28-37(46)47/h2-13,29H,14-28H2,1H3,(H,46,47)/b38-30-. The molecule has 15 nitrogen and oxygen atoms in total. The lowest BCUT2D eigenvalue weighted by molar-refractivity contribution is -0.142. The summed E-state index contributed by atoms with van der Waals surface area (Å²) in [4.78, 5) is 70.3. The van der Waals surface area contributed by atoms with Crippen molar-refractivity contribution in [3.8, 4) is 5.75 Å². The summed E-state index contributed by atoms with van der Waals surface area (Å²) in [6.45, 7) is 7.15. The van der Waals surface area contributed by atoms with Crippen LogP contribution in [0.15, 0.2) is 92.4 Å². The molecule has 1 N–H and O–H groups in total. The lowest BCUT2D eigenvalue weighted by Gasteiger charge is -2.27. The Hall–Kier alpha value is -4.75. The molecular weight excluding hydrogens is 791 g/mol. The largest absolute Gasteiger partial charge is 0.491 e. The minimum absolute atomic E-state index is 0.0680. The van der Waals surface area contributed by atoms with Gasteiger partial charge in [0.05, 0.1) is 70.1 Å². The number of hydrogen-bond donors (Lipinski definition) is 1. The average molecular weight is 838 g/mol. The molecule has 2 aliphatic rings. The number of carboxylic acid groups (broad SMARTS) is 1. The van der Waals surface area contributed by atoms with E-state index in [1.807, 2.05) is 12.1 Å². The van der Waals surface area contributed by atoms with Crippen molar-refractivity contribution in [2.75, 3.05) is 104 Å². The Morgan fingerprint density at radius 3 is 1.62 bits per heavy atom. The van der Waals surface area contributed by atoms with Crippen LogP contribution >= 0.6 is 23.5 Å². The van der Waals surface area contributed by atoms with E-state index >= 15 is 0 Å². The molecule has 2 fully saturated rings. The molecule has 0 aromatic heterocycles. The Morgan fingerprint density at radius 1 is 0.672 bits per heavy atom. The van der Waals surface area contributed by atoms with E-state index in [9.17, 15) is 24.0 Å². The Balaban J connectivity index is 1.24. The van der Waals surface area contributed by atoms with Crippen molar-refractivity contribution in [1.82, 2.24) is 9.80 Å². The van der Waals surface area contributed by atoms with Gasteiger partial charge in [0, 0.05) is 52.0 Å². The van der Waals surface area contributed by atoms with Gasteiger partial charge in [-0.25, -0.2) is 9.69 Å². The van der Waals surface area contributed by atoms with Gasteiger partial charge in [0.1, 0.15) is 19.0 Å². The smallest absolute Gasteiger partial charge is 0.329 e. The predicted octanol–water partition coefficient (Wildman–Crippen LogP) is 4.45.